The fourth-order valence-corrected chi connectivity index (χ4v) is 7.82. The van der Waals surface area contributed by atoms with Gasteiger partial charge in [0.15, 0.2) is 58.7 Å². The molecular weight excluding hydrogens is 984 g/mol. The van der Waals surface area contributed by atoms with Gasteiger partial charge in [0.25, 0.3) is 0 Å². The Morgan fingerprint density at radius 1 is 0.375 bits per heavy atom. The van der Waals surface area contributed by atoms with Crippen LogP contribution in [-0.4, -0.2) is 301 Å². The molecule has 0 spiro atoms. The van der Waals surface area contributed by atoms with Crippen LogP contribution in [0, 0.1) is 0 Å². The Balaban J connectivity index is 1.81. The van der Waals surface area contributed by atoms with E-state index in [0.717, 1.165) is 0 Å². The summed E-state index contributed by atoms with van der Waals surface area (Å²) in [6.45, 7) is -2.46. The lowest BCUT2D eigenvalue weighted by Crippen LogP contribution is -2.65. The third-order valence-electron chi connectivity index (χ3n) is 12.1. The van der Waals surface area contributed by atoms with Gasteiger partial charge in [0.05, 0.1) is 13.2 Å². The molecule has 3 saturated heterocycles. The topological polar surface area (TPSA) is 505 Å². The summed E-state index contributed by atoms with van der Waals surface area (Å²) in [5, 5.41) is 225. The van der Waals surface area contributed by atoms with E-state index < -0.39 is 209 Å². The zero-order valence-corrected chi connectivity index (χ0v) is 38.8. The number of piperazine rings is 1. The largest absolute Gasteiger partial charge is 0.506 e. The van der Waals surface area contributed by atoms with E-state index in [4.69, 9.17) is 37.9 Å². The van der Waals surface area contributed by atoms with Crippen molar-refractivity contribution in [3.63, 3.8) is 0 Å². The van der Waals surface area contributed by atoms with E-state index in [0.29, 0.717) is 26.2 Å². The van der Waals surface area contributed by atoms with E-state index in [1.807, 2.05) is 16.8 Å². The van der Waals surface area contributed by atoms with Gasteiger partial charge in [-0.05, 0) is 13.5 Å². The SMILES string of the molecule is CN1CCN(CCC2OC3OC(CO)C(OC4OC(CO)C(OC(O)/C(O)=C(/O)C(CCO)OC(O)/C(O)=C(\O)C(CCO)OC(O)/C(O)=C(\O)C(CCO)OC(O)/C(O)=C/2O)C(O)C4O)C(O)C3O)CC1. The molecule has 72 heavy (non-hydrogen) atoms. The van der Waals surface area contributed by atoms with Gasteiger partial charge in [-0.15, -0.1) is 0 Å². The van der Waals surface area contributed by atoms with Gasteiger partial charge >= 0.3 is 0 Å². The molecule has 6 rings (SSSR count). The highest BCUT2D eigenvalue weighted by Crippen LogP contribution is 2.33. The molecule has 0 radical (unpaired) electrons. The first-order chi connectivity index (χ1) is 34.0. The number of hydrogen-bond donors (Lipinski definition) is 21. The second kappa shape index (κ2) is 28.4. The number of likely N-dealkylation sites (N-methyl/N-ethyl adjacent to an activating group) is 1. The van der Waals surface area contributed by atoms with Gasteiger partial charge in [0, 0.05) is 71.8 Å². The first kappa shape index (κ1) is 61.0. The monoisotopic (exact) mass is 1050 g/mol. The third kappa shape index (κ3) is 15.3. The van der Waals surface area contributed by atoms with Crippen LogP contribution in [0.2, 0.25) is 0 Å². The minimum absolute atomic E-state index is 0.107. The molecule has 18 unspecified atom stereocenters. The summed E-state index contributed by atoms with van der Waals surface area (Å²) in [7, 11) is 1.88. The van der Waals surface area contributed by atoms with E-state index >= 15 is 0 Å². The minimum atomic E-state index is -2.77. The highest BCUT2D eigenvalue weighted by Gasteiger charge is 2.52. The lowest BCUT2D eigenvalue weighted by atomic mass is 9.96. The van der Waals surface area contributed by atoms with Crippen molar-refractivity contribution in [3.8, 4) is 0 Å². The molecule has 6 aliphatic rings. The normalized spacial score (nSPS) is 43.0. The number of aliphatic hydroxyl groups excluding tert-OH is 21. The summed E-state index contributed by atoms with van der Waals surface area (Å²) in [6.07, 6.45) is -41.9. The number of nitrogens with zero attached hydrogens (tertiary/aromatic N) is 2. The Bertz CT molecular complexity index is 1800. The highest BCUT2D eigenvalue weighted by molar-refractivity contribution is 5.13. The summed E-state index contributed by atoms with van der Waals surface area (Å²) < 4.78 is 43.4. The standard InChI is InChI=1S/C41H70N2O29/c1-42-7-9-43(10-8-42)6-2-16-22(49)28(55)36(61)65-17(3-11-44)23(50)29(56)37(62)66-18(4-12-45)24(51)30(57)38(63)67-19(5-13-46)25(52)31(58)39(64)71-34-20(14-47)70-41(33(60)26(34)53)72-35-21(15-48)69-40(68-16)32(59)27(35)54/h16-21,26-27,32-41,44-64H,2-15H2,1H3/b28-22+,29-23+,30-24+,31-25-. The molecule has 0 aromatic heterocycles. The second-order valence-electron chi connectivity index (χ2n) is 17.1. The Hall–Kier alpha value is -3.56. The van der Waals surface area contributed by atoms with Crippen molar-refractivity contribution in [3.05, 3.63) is 46.1 Å². The van der Waals surface area contributed by atoms with E-state index in [-0.39, 0.29) is 13.0 Å². The minimum Gasteiger partial charge on any atom is -0.506 e. The fourth-order valence-electron chi connectivity index (χ4n) is 7.82. The van der Waals surface area contributed by atoms with Gasteiger partial charge in [-0.2, -0.15) is 0 Å². The van der Waals surface area contributed by atoms with Crippen LogP contribution >= 0.6 is 0 Å². The van der Waals surface area contributed by atoms with Crippen molar-refractivity contribution < 1.29 is 145 Å². The molecular formula is C41H70N2O29. The van der Waals surface area contributed by atoms with Crippen LogP contribution in [0.4, 0.5) is 0 Å². The quantitative estimate of drug-likeness (QED) is 0.0915. The maximum absolute atomic E-state index is 11.4. The Labute approximate surface area is 410 Å². The van der Waals surface area contributed by atoms with Crippen molar-refractivity contribution in [2.45, 2.75) is 137 Å². The predicted octanol–water partition coefficient (Wildman–Crippen LogP) is -6.44. The molecule has 0 aromatic rings. The van der Waals surface area contributed by atoms with Crippen molar-refractivity contribution in [1.82, 2.24) is 9.80 Å². The lowest BCUT2D eigenvalue weighted by Gasteiger charge is -2.47. The fraction of sp³-hybridized carbons (Fsp3) is 0.805. The van der Waals surface area contributed by atoms with E-state index in [2.05, 4.69) is 0 Å². The summed E-state index contributed by atoms with van der Waals surface area (Å²) in [5.41, 5.74) is 0. The van der Waals surface area contributed by atoms with E-state index in [9.17, 15) is 107 Å². The van der Waals surface area contributed by atoms with Crippen molar-refractivity contribution in [2.24, 2.45) is 0 Å². The van der Waals surface area contributed by atoms with Crippen molar-refractivity contribution in [1.29, 1.82) is 0 Å². The maximum Gasteiger partial charge on any atom is 0.218 e. The summed E-state index contributed by atoms with van der Waals surface area (Å²) in [6, 6.07) is 0. The van der Waals surface area contributed by atoms with E-state index in [1.165, 1.54) is 0 Å². The molecule has 418 valence electrons. The predicted molar refractivity (Wildman–Crippen MR) is 232 cm³/mol. The highest BCUT2D eigenvalue weighted by atomic mass is 16.8. The second-order valence-corrected chi connectivity index (χ2v) is 17.1. The van der Waals surface area contributed by atoms with Gasteiger partial charge in [-0.25, -0.2) is 0 Å². The number of aliphatic hydroxyl groups is 21. The van der Waals surface area contributed by atoms with Gasteiger partial charge in [-0.1, -0.05) is 0 Å². The van der Waals surface area contributed by atoms with Crippen LogP contribution in [0.3, 0.4) is 0 Å². The smallest absolute Gasteiger partial charge is 0.218 e. The number of fused-ring (bicyclic) bond motifs is 2. The number of hydrogen-bond acceptors (Lipinski definition) is 31. The Morgan fingerprint density at radius 2 is 0.694 bits per heavy atom. The maximum atomic E-state index is 11.4. The molecule has 0 amide bonds. The van der Waals surface area contributed by atoms with E-state index in [1.54, 1.807) is 0 Å². The molecule has 3 fully saturated rings. The molecule has 6 heterocycles. The zero-order chi connectivity index (χ0) is 53.7. The average Bonchev–Trinajstić information content (AvgIpc) is 3.36. The van der Waals surface area contributed by atoms with Gasteiger partial charge in [0.2, 0.25) is 25.2 Å². The molecule has 4 bridgehead atoms. The van der Waals surface area contributed by atoms with Crippen LogP contribution in [-0.2, 0) is 37.9 Å². The zero-order valence-electron chi connectivity index (χ0n) is 38.8. The number of rotatable bonds is 11. The first-order valence-corrected chi connectivity index (χ1v) is 22.7. The molecule has 21 N–H and O–H groups in total. The summed E-state index contributed by atoms with van der Waals surface area (Å²) >= 11 is 0. The Kier molecular flexibility index (Phi) is 24.0. The van der Waals surface area contributed by atoms with Crippen LogP contribution in [0.1, 0.15) is 25.7 Å². The first-order valence-electron chi connectivity index (χ1n) is 22.7. The van der Waals surface area contributed by atoms with Gasteiger partial charge in [-0.3, -0.25) is 0 Å². The third-order valence-corrected chi connectivity index (χ3v) is 12.1. The molecule has 31 nitrogen and oxygen atoms in total. The summed E-state index contributed by atoms with van der Waals surface area (Å²) in [4.78, 5) is 3.95. The lowest BCUT2D eigenvalue weighted by molar-refractivity contribution is -0.368. The van der Waals surface area contributed by atoms with Crippen LogP contribution in [0.25, 0.3) is 0 Å². The average molecular weight is 1050 g/mol. The van der Waals surface area contributed by atoms with Gasteiger partial charge in [0.1, 0.15) is 73.2 Å². The van der Waals surface area contributed by atoms with Gasteiger partial charge < -0.3 is 155 Å². The molecule has 0 aliphatic carbocycles. The van der Waals surface area contributed by atoms with Crippen molar-refractivity contribution in [2.75, 3.05) is 72.8 Å². The molecule has 18 atom stereocenters. The molecule has 0 saturated carbocycles. The summed E-state index contributed by atoms with van der Waals surface area (Å²) in [5.74, 6) is -11.7. The number of ether oxygens (including phenoxy) is 8. The Morgan fingerprint density at radius 3 is 1.04 bits per heavy atom. The van der Waals surface area contributed by atoms with Crippen LogP contribution in [0.5, 0.6) is 0 Å². The molecule has 0 aromatic carbocycles. The van der Waals surface area contributed by atoms with Crippen LogP contribution in [0.15, 0.2) is 46.1 Å². The van der Waals surface area contributed by atoms with Crippen LogP contribution < -0.4 is 0 Å². The van der Waals surface area contributed by atoms with Crippen molar-refractivity contribution >= 4 is 0 Å². The molecule has 31 heteroatoms. The molecule has 6 aliphatic heterocycles.